The minimum absolute atomic E-state index is 0.0924. The molecule has 16 heavy (non-hydrogen) atoms. The number of nitriles is 1. The quantitative estimate of drug-likeness (QED) is 0.675. The predicted octanol–water partition coefficient (Wildman–Crippen LogP) is 4.12. The van der Waals surface area contributed by atoms with Crippen molar-refractivity contribution in [3.8, 4) is 6.07 Å². The molecule has 1 heteroatoms. The molecule has 1 aromatic carbocycles. The number of hydrogen-bond acceptors (Lipinski definition) is 1. The molecule has 0 saturated heterocycles. The Hall–Kier alpha value is -1.55. The smallest absolute Gasteiger partial charge is 0.0631 e. The van der Waals surface area contributed by atoms with Crippen molar-refractivity contribution < 1.29 is 0 Å². The van der Waals surface area contributed by atoms with Crippen molar-refractivity contribution in [3.63, 3.8) is 0 Å². The van der Waals surface area contributed by atoms with Gasteiger partial charge in [-0.1, -0.05) is 56.3 Å². The highest BCUT2D eigenvalue weighted by atomic mass is 14.3. The zero-order valence-electron chi connectivity index (χ0n) is 10.2. The van der Waals surface area contributed by atoms with Crippen molar-refractivity contribution in [1.29, 1.82) is 5.26 Å². The van der Waals surface area contributed by atoms with E-state index >= 15 is 0 Å². The van der Waals surface area contributed by atoms with Crippen LogP contribution in [-0.4, -0.2) is 0 Å². The van der Waals surface area contributed by atoms with E-state index in [-0.39, 0.29) is 5.41 Å². The summed E-state index contributed by atoms with van der Waals surface area (Å²) in [5.74, 6) is 0. The first kappa shape index (κ1) is 12.5. The molecule has 1 nitrogen and oxygen atoms in total. The molecule has 0 aliphatic carbocycles. The molecule has 0 N–H and O–H groups in total. The zero-order chi connectivity index (χ0) is 12.0. The first-order valence-corrected chi connectivity index (χ1v) is 5.71. The first-order chi connectivity index (χ1) is 7.62. The van der Waals surface area contributed by atoms with Crippen LogP contribution in [-0.2, 0) is 6.42 Å². The fourth-order valence-electron chi connectivity index (χ4n) is 1.96. The monoisotopic (exact) mass is 213 g/mol. The van der Waals surface area contributed by atoms with E-state index in [4.69, 9.17) is 5.26 Å². The van der Waals surface area contributed by atoms with Crippen LogP contribution in [0.25, 0.3) is 0 Å². The van der Waals surface area contributed by atoms with Crippen LogP contribution in [0.2, 0.25) is 0 Å². The fourth-order valence-corrected chi connectivity index (χ4v) is 1.96. The second-order valence-corrected chi connectivity index (χ2v) is 4.52. The lowest BCUT2D eigenvalue weighted by Crippen LogP contribution is -2.21. The molecule has 0 aliphatic heterocycles. The van der Waals surface area contributed by atoms with Gasteiger partial charge in [0.25, 0.3) is 0 Å². The normalized spacial score (nSPS) is 13.8. The molecule has 0 heterocycles. The van der Waals surface area contributed by atoms with E-state index in [0.717, 1.165) is 18.4 Å². The van der Waals surface area contributed by atoms with Crippen molar-refractivity contribution in [2.24, 2.45) is 5.41 Å². The van der Waals surface area contributed by atoms with E-state index in [1.807, 2.05) is 18.2 Å². The molecule has 0 spiro atoms. The van der Waals surface area contributed by atoms with Gasteiger partial charge < -0.3 is 0 Å². The number of benzene rings is 1. The second kappa shape index (κ2) is 5.51. The van der Waals surface area contributed by atoms with E-state index < -0.39 is 0 Å². The van der Waals surface area contributed by atoms with Gasteiger partial charge in [-0.25, -0.2) is 0 Å². The summed E-state index contributed by atoms with van der Waals surface area (Å²) in [4.78, 5) is 0. The molecule has 1 aromatic rings. The first-order valence-electron chi connectivity index (χ1n) is 5.71. The van der Waals surface area contributed by atoms with Gasteiger partial charge >= 0.3 is 0 Å². The summed E-state index contributed by atoms with van der Waals surface area (Å²) in [5, 5.41) is 8.93. The topological polar surface area (TPSA) is 23.8 Å². The van der Waals surface area contributed by atoms with Crippen LogP contribution < -0.4 is 0 Å². The Morgan fingerprint density at radius 3 is 2.50 bits per heavy atom. The van der Waals surface area contributed by atoms with Crippen molar-refractivity contribution in [2.75, 3.05) is 0 Å². The highest BCUT2D eigenvalue weighted by Gasteiger charge is 2.26. The predicted molar refractivity (Wildman–Crippen MR) is 67.9 cm³/mol. The van der Waals surface area contributed by atoms with E-state index in [9.17, 15) is 0 Å². The fraction of sp³-hybridized carbons (Fsp3) is 0.400. The summed E-state index contributed by atoms with van der Waals surface area (Å²) in [6.07, 6.45) is 2.37. The SMILES string of the molecule is C=C(CC)C(C)(CC#N)Cc1ccccc1. The van der Waals surface area contributed by atoms with Crippen LogP contribution in [0.5, 0.6) is 0 Å². The molecular formula is C15H19N. The van der Waals surface area contributed by atoms with Gasteiger partial charge in [-0.05, 0) is 18.4 Å². The van der Waals surface area contributed by atoms with Crippen LogP contribution in [0.4, 0.5) is 0 Å². The van der Waals surface area contributed by atoms with E-state index in [2.05, 4.69) is 38.6 Å². The Kier molecular flexibility index (Phi) is 4.31. The number of allylic oxidation sites excluding steroid dienone is 1. The number of nitrogens with zero attached hydrogens (tertiary/aromatic N) is 1. The molecule has 0 amide bonds. The molecular weight excluding hydrogens is 194 g/mol. The minimum atomic E-state index is -0.0924. The van der Waals surface area contributed by atoms with Gasteiger partial charge in [0.05, 0.1) is 6.07 Å². The van der Waals surface area contributed by atoms with Gasteiger partial charge in [-0.15, -0.1) is 0 Å². The van der Waals surface area contributed by atoms with Crippen LogP contribution in [0.1, 0.15) is 32.3 Å². The van der Waals surface area contributed by atoms with E-state index in [0.29, 0.717) is 6.42 Å². The average molecular weight is 213 g/mol. The third-order valence-electron chi connectivity index (χ3n) is 3.19. The summed E-state index contributed by atoms with van der Waals surface area (Å²) < 4.78 is 0. The summed E-state index contributed by atoms with van der Waals surface area (Å²) in [6, 6.07) is 12.6. The van der Waals surface area contributed by atoms with Crippen LogP contribution in [0, 0.1) is 16.7 Å². The molecule has 0 aliphatic rings. The highest BCUT2D eigenvalue weighted by Crippen LogP contribution is 2.35. The zero-order valence-corrected chi connectivity index (χ0v) is 10.2. The summed E-state index contributed by atoms with van der Waals surface area (Å²) in [7, 11) is 0. The summed E-state index contributed by atoms with van der Waals surface area (Å²) in [5.41, 5.74) is 2.35. The maximum absolute atomic E-state index is 8.93. The Morgan fingerprint density at radius 1 is 1.38 bits per heavy atom. The van der Waals surface area contributed by atoms with Gasteiger partial charge in [-0.2, -0.15) is 5.26 Å². The molecule has 1 atom stereocenters. The standard InChI is InChI=1S/C15H19N/c1-4-13(2)15(3,10-11-16)12-14-8-6-5-7-9-14/h5-9H,2,4,10,12H2,1,3H3. The van der Waals surface area contributed by atoms with Crippen LogP contribution in [0.15, 0.2) is 42.5 Å². The maximum Gasteiger partial charge on any atom is 0.0631 e. The highest BCUT2D eigenvalue weighted by molar-refractivity contribution is 5.22. The maximum atomic E-state index is 8.93. The Balaban J connectivity index is 2.88. The van der Waals surface area contributed by atoms with Gasteiger partial charge in [-0.3, -0.25) is 0 Å². The van der Waals surface area contributed by atoms with Crippen molar-refractivity contribution >= 4 is 0 Å². The summed E-state index contributed by atoms with van der Waals surface area (Å²) in [6.45, 7) is 8.34. The van der Waals surface area contributed by atoms with Crippen LogP contribution in [0.3, 0.4) is 0 Å². The molecule has 1 rings (SSSR count). The number of rotatable bonds is 5. The van der Waals surface area contributed by atoms with Gasteiger partial charge in [0.15, 0.2) is 0 Å². The molecule has 0 radical (unpaired) electrons. The van der Waals surface area contributed by atoms with E-state index in [1.165, 1.54) is 5.56 Å². The number of hydrogen-bond donors (Lipinski definition) is 0. The van der Waals surface area contributed by atoms with Crippen molar-refractivity contribution in [2.45, 2.75) is 33.1 Å². The average Bonchev–Trinajstić information content (AvgIpc) is 2.29. The van der Waals surface area contributed by atoms with Crippen molar-refractivity contribution in [1.82, 2.24) is 0 Å². The van der Waals surface area contributed by atoms with Gasteiger partial charge in [0.1, 0.15) is 0 Å². The minimum Gasteiger partial charge on any atom is -0.198 e. The Bertz CT molecular complexity index is 386. The Labute approximate surface area is 98.4 Å². The Morgan fingerprint density at radius 2 is 2.00 bits per heavy atom. The molecule has 0 bridgehead atoms. The largest absolute Gasteiger partial charge is 0.198 e. The van der Waals surface area contributed by atoms with Crippen molar-refractivity contribution in [3.05, 3.63) is 48.0 Å². The lowest BCUT2D eigenvalue weighted by atomic mass is 9.74. The molecule has 0 aromatic heterocycles. The van der Waals surface area contributed by atoms with Gasteiger partial charge in [0, 0.05) is 11.8 Å². The lowest BCUT2D eigenvalue weighted by Gasteiger charge is -2.29. The second-order valence-electron chi connectivity index (χ2n) is 4.52. The van der Waals surface area contributed by atoms with Crippen LogP contribution >= 0.6 is 0 Å². The lowest BCUT2D eigenvalue weighted by molar-refractivity contribution is 0.395. The third kappa shape index (κ3) is 2.97. The molecule has 1 unspecified atom stereocenters. The molecule has 84 valence electrons. The van der Waals surface area contributed by atoms with E-state index in [1.54, 1.807) is 0 Å². The third-order valence-corrected chi connectivity index (χ3v) is 3.19. The summed E-state index contributed by atoms with van der Waals surface area (Å²) >= 11 is 0. The molecule has 0 fully saturated rings. The molecule has 0 saturated carbocycles. The van der Waals surface area contributed by atoms with Gasteiger partial charge in [0.2, 0.25) is 0 Å².